The summed E-state index contributed by atoms with van der Waals surface area (Å²) in [7, 11) is 1.63. The molecule has 1 aromatic heterocycles. The lowest BCUT2D eigenvalue weighted by atomic mass is 10.2. The van der Waals surface area contributed by atoms with Gasteiger partial charge >= 0.3 is 0 Å². The van der Waals surface area contributed by atoms with E-state index in [4.69, 9.17) is 4.74 Å². The predicted molar refractivity (Wildman–Crippen MR) is 97.8 cm³/mol. The summed E-state index contributed by atoms with van der Waals surface area (Å²) in [4.78, 5) is 32.0. The van der Waals surface area contributed by atoms with E-state index in [1.54, 1.807) is 41.7 Å². The molecule has 1 heterocycles. The van der Waals surface area contributed by atoms with Gasteiger partial charge in [-0.3, -0.25) is 9.59 Å². The number of likely N-dealkylation sites (N-methyl/N-ethyl adjacent to an activating group) is 2. The first-order valence-corrected chi connectivity index (χ1v) is 9.12. The minimum atomic E-state index is -0.209. The number of rotatable bonds is 8. The lowest BCUT2D eigenvalue weighted by Crippen LogP contribution is -2.41. The Labute approximate surface area is 152 Å². The first-order valence-electron chi connectivity index (χ1n) is 8.18. The van der Waals surface area contributed by atoms with Crippen molar-refractivity contribution >= 4 is 23.2 Å². The number of aromatic nitrogens is 1. The minimum Gasteiger partial charge on any atom is -0.487 e. The zero-order valence-electron chi connectivity index (χ0n) is 14.8. The van der Waals surface area contributed by atoms with E-state index in [0.29, 0.717) is 31.0 Å². The van der Waals surface area contributed by atoms with Gasteiger partial charge in [0.05, 0.1) is 17.7 Å². The normalized spacial score (nSPS) is 10.4. The van der Waals surface area contributed by atoms with Crippen LogP contribution in [-0.4, -0.2) is 53.3 Å². The number of carbonyl (C=O) groups is 2. The van der Waals surface area contributed by atoms with E-state index >= 15 is 0 Å². The smallest absolute Gasteiger partial charge is 0.254 e. The summed E-state index contributed by atoms with van der Waals surface area (Å²) in [6.07, 6.45) is 0. The van der Waals surface area contributed by atoms with Gasteiger partial charge in [0.15, 0.2) is 0 Å². The molecule has 0 aliphatic carbocycles. The van der Waals surface area contributed by atoms with Gasteiger partial charge in [0.2, 0.25) is 5.91 Å². The Morgan fingerprint density at radius 2 is 2.00 bits per heavy atom. The summed E-state index contributed by atoms with van der Waals surface area (Å²) >= 11 is 1.51. The Morgan fingerprint density at radius 3 is 2.64 bits per heavy atom. The third-order valence-electron chi connectivity index (χ3n) is 3.79. The molecule has 134 valence electrons. The molecule has 6 nitrogen and oxygen atoms in total. The third kappa shape index (κ3) is 5.29. The van der Waals surface area contributed by atoms with Gasteiger partial charge in [0, 0.05) is 31.1 Å². The van der Waals surface area contributed by atoms with Crippen molar-refractivity contribution in [1.29, 1.82) is 0 Å². The van der Waals surface area contributed by atoms with Gasteiger partial charge in [-0.15, -0.1) is 11.3 Å². The molecule has 0 bridgehead atoms. The van der Waals surface area contributed by atoms with Crippen LogP contribution in [0.25, 0.3) is 0 Å². The molecule has 25 heavy (non-hydrogen) atoms. The topological polar surface area (TPSA) is 62.7 Å². The van der Waals surface area contributed by atoms with Crippen molar-refractivity contribution < 1.29 is 14.3 Å². The summed E-state index contributed by atoms with van der Waals surface area (Å²) < 4.78 is 5.67. The zero-order chi connectivity index (χ0) is 18.2. The molecule has 1 aromatic carbocycles. The molecular formula is C18H23N3O3S. The van der Waals surface area contributed by atoms with Gasteiger partial charge in [0.25, 0.3) is 5.91 Å². The lowest BCUT2D eigenvalue weighted by Gasteiger charge is -2.23. The lowest BCUT2D eigenvalue weighted by molar-refractivity contribution is -0.131. The molecular weight excluding hydrogens is 338 g/mol. The van der Waals surface area contributed by atoms with Crippen LogP contribution >= 0.6 is 11.3 Å². The molecule has 0 saturated heterocycles. The second-order valence-electron chi connectivity index (χ2n) is 5.52. The molecule has 0 N–H and O–H groups in total. The highest BCUT2D eigenvalue weighted by Gasteiger charge is 2.18. The van der Waals surface area contributed by atoms with Gasteiger partial charge in [-0.2, -0.15) is 0 Å². The summed E-state index contributed by atoms with van der Waals surface area (Å²) in [6.45, 7) is 5.54. The molecule has 0 spiro atoms. The molecule has 0 saturated carbocycles. The number of benzene rings is 1. The van der Waals surface area contributed by atoms with Crippen molar-refractivity contribution in [3.63, 3.8) is 0 Å². The summed E-state index contributed by atoms with van der Waals surface area (Å²) in [5.74, 6) is 0.332. The van der Waals surface area contributed by atoms with Crippen molar-refractivity contribution in [3.8, 4) is 5.75 Å². The van der Waals surface area contributed by atoms with Crippen LogP contribution in [0.1, 0.15) is 29.9 Å². The highest BCUT2D eigenvalue weighted by Crippen LogP contribution is 2.16. The maximum Gasteiger partial charge on any atom is 0.254 e. The van der Waals surface area contributed by atoms with E-state index in [9.17, 15) is 9.59 Å². The standard InChI is InChI=1S/C18H23N3O3S/c1-4-21(5-2)17(22)10-20(3)18(23)14-7-6-8-16(9-14)24-11-15-12-25-13-19-15/h6-9,12-13H,4-5,10-11H2,1-3H3. The van der Waals surface area contributed by atoms with Crippen molar-refractivity contribution in [3.05, 3.63) is 46.4 Å². The van der Waals surface area contributed by atoms with Crippen molar-refractivity contribution in [2.45, 2.75) is 20.5 Å². The average Bonchev–Trinajstić information content (AvgIpc) is 3.14. The van der Waals surface area contributed by atoms with Crippen LogP contribution in [0.5, 0.6) is 5.75 Å². The van der Waals surface area contributed by atoms with Crippen LogP contribution in [0.3, 0.4) is 0 Å². The Morgan fingerprint density at radius 1 is 1.24 bits per heavy atom. The number of amides is 2. The van der Waals surface area contributed by atoms with Crippen LogP contribution in [-0.2, 0) is 11.4 Å². The summed E-state index contributed by atoms with van der Waals surface area (Å²) in [5, 5.41) is 1.92. The van der Waals surface area contributed by atoms with Gasteiger partial charge in [-0.05, 0) is 32.0 Å². The molecule has 2 rings (SSSR count). The largest absolute Gasteiger partial charge is 0.487 e. The Balaban J connectivity index is 1.98. The number of ether oxygens (including phenoxy) is 1. The zero-order valence-corrected chi connectivity index (χ0v) is 15.6. The molecule has 0 aliphatic heterocycles. The Hall–Kier alpha value is -2.41. The van der Waals surface area contributed by atoms with Crippen LogP contribution in [0.4, 0.5) is 0 Å². The number of carbonyl (C=O) groups excluding carboxylic acids is 2. The quantitative estimate of drug-likeness (QED) is 0.725. The first-order chi connectivity index (χ1) is 12.0. The van der Waals surface area contributed by atoms with Gasteiger partial charge in [0.1, 0.15) is 12.4 Å². The van der Waals surface area contributed by atoms with E-state index in [-0.39, 0.29) is 18.4 Å². The molecule has 0 fully saturated rings. The molecule has 0 unspecified atom stereocenters. The van der Waals surface area contributed by atoms with Crippen LogP contribution in [0.2, 0.25) is 0 Å². The first kappa shape index (κ1) is 18.9. The van der Waals surface area contributed by atoms with Crippen LogP contribution in [0, 0.1) is 0 Å². The molecule has 0 radical (unpaired) electrons. The molecule has 2 amide bonds. The molecule has 7 heteroatoms. The Bertz CT molecular complexity index is 699. The van der Waals surface area contributed by atoms with E-state index in [0.717, 1.165) is 5.69 Å². The van der Waals surface area contributed by atoms with E-state index in [1.165, 1.54) is 16.2 Å². The third-order valence-corrected chi connectivity index (χ3v) is 4.42. The summed E-state index contributed by atoms with van der Waals surface area (Å²) in [6, 6.07) is 6.97. The Kier molecular flexibility index (Phi) is 6.94. The molecule has 0 atom stereocenters. The second kappa shape index (κ2) is 9.17. The predicted octanol–water partition coefficient (Wildman–Crippen LogP) is 2.66. The monoisotopic (exact) mass is 361 g/mol. The SMILES string of the molecule is CCN(CC)C(=O)CN(C)C(=O)c1cccc(OCc2cscn2)c1. The fraction of sp³-hybridized carbons (Fsp3) is 0.389. The van der Waals surface area contributed by atoms with Crippen molar-refractivity contribution in [2.24, 2.45) is 0 Å². The number of nitrogens with zero attached hydrogens (tertiary/aromatic N) is 3. The maximum atomic E-state index is 12.6. The van der Waals surface area contributed by atoms with Gasteiger partial charge in [-0.1, -0.05) is 6.07 Å². The van der Waals surface area contributed by atoms with E-state index < -0.39 is 0 Å². The van der Waals surface area contributed by atoms with Crippen molar-refractivity contribution in [1.82, 2.24) is 14.8 Å². The van der Waals surface area contributed by atoms with E-state index in [1.807, 2.05) is 19.2 Å². The average molecular weight is 361 g/mol. The van der Waals surface area contributed by atoms with E-state index in [2.05, 4.69) is 4.98 Å². The van der Waals surface area contributed by atoms with Gasteiger partial charge < -0.3 is 14.5 Å². The molecule has 0 aliphatic rings. The van der Waals surface area contributed by atoms with Crippen LogP contribution < -0.4 is 4.74 Å². The minimum absolute atomic E-state index is 0.0585. The fourth-order valence-electron chi connectivity index (χ4n) is 2.36. The number of thiazole rings is 1. The highest BCUT2D eigenvalue weighted by atomic mass is 32.1. The maximum absolute atomic E-state index is 12.6. The molecule has 2 aromatic rings. The summed E-state index contributed by atoms with van der Waals surface area (Å²) in [5.41, 5.74) is 3.09. The second-order valence-corrected chi connectivity index (χ2v) is 6.24. The van der Waals surface area contributed by atoms with Crippen LogP contribution in [0.15, 0.2) is 35.2 Å². The fourth-order valence-corrected chi connectivity index (χ4v) is 2.90. The van der Waals surface area contributed by atoms with Crippen molar-refractivity contribution in [2.75, 3.05) is 26.7 Å². The van der Waals surface area contributed by atoms with Gasteiger partial charge in [-0.25, -0.2) is 4.98 Å². The highest BCUT2D eigenvalue weighted by molar-refractivity contribution is 7.07. The number of hydrogen-bond acceptors (Lipinski definition) is 5. The number of hydrogen-bond donors (Lipinski definition) is 0.